The van der Waals surface area contributed by atoms with E-state index in [1.54, 1.807) is 11.6 Å². The zero-order valence-electron chi connectivity index (χ0n) is 16.1. The van der Waals surface area contributed by atoms with Crippen molar-refractivity contribution in [3.63, 3.8) is 0 Å². The largest absolute Gasteiger partial charge is 0.329 e. The standard InChI is InChI=1S/C20H30N4O2/c1-14(13-20(2,3)4)11-18-22-16-12-15(6-8-19(25)23-26)5-7-17(16)24(18)10-9-21/h5-8,12,14,26H,9-11,13,21H2,1-4H3,(H,23,25). The molecule has 1 atom stereocenters. The van der Waals surface area contributed by atoms with Gasteiger partial charge in [0.25, 0.3) is 5.91 Å². The van der Waals surface area contributed by atoms with Gasteiger partial charge in [0.1, 0.15) is 5.82 Å². The molecule has 0 aliphatic rings. The number of hydroxylamine groups is 1. The van der Waals surface area contributed by atoms with Crippen LogP contribution in [-0.4, -0.2) is 27.2 Å². The Morgan fingerprint density at radius 1 is 1.42 bits per heavy atom. The van der Waals surface area contributed by atoms with Gasteiger partial charge in [-0.25, -0.2) is 10.5 Å². The van der Waals surface area contributed by atoms with Gasteiger partial charge in [-0.3, -0.25) is 10.0 Å². The number of rotatable bonds is 7. The van der Waals surface area contributed by atoms with Gasteiger partial charge in [-0.1, -0.05) is 33.8 Å². The number of carbonyl (C=O) groups excluding carboxylic acids is 1. The van der Waals surface area contributed by atoms with Crippen molar-refractivity contribution in [2.75, 3.05) is 6.54 Å². The minimum Gasteiger partial charge on any atom is -0.329 e. The Hall–Kier alpha value is -2.18. The van der Waals surface area contributed by atoms with Crippen LogP contribution in [0.1, 0.15) is 45.5 Å². The zero-order chi connectivity index (χ0) is 19.3. The molecular weight excluding hydrogens is 328 g/mol. The number of hydrogen-bond donors (Lipinski definition) is 3. The van der Waals surface area contributed by atoms with E-state index in [2.05, 4.69) is 32.3 Å². The van der Waals surface area contributed by atoms with E-state index < -0.39 is 5.91 Å². The lowest BCUT2D eigenvalue weighted by atomic mass is 9.84. The fraction of sp³-hybridized carbons (Fsp3) is 0.500. The lowest BCUT2D eigenvalue weighted by molar-refractivity contribution is -0.124. The number of nitrogens with two attached hydrogens (primary N) is 1. The van der Waals surface area contributed by atoms with Gasteiger partial charge in [-0.15, -0.1) is 0 Å². The molecule has 142 valence electrons. The molecule has 0 saturated heterocycles. The molecule has 1 aromatic carbocycles. The van der Waals surface area contributed by atoms with Gasteiger partial charge < -0.3 is 10.3 Å². The molecule has 0 spiro atoms. The maximum Gasteiger partial charge on any atom is 0.267 e. The third-order valence-corrected chi connectivity index (χ3v) is 4.23. The van der Waals surface area contributed by atoms with Crippen molar-refractivity contribution in [1.82, 2.24) is 15.0 Å². The van der Waals surface area contributed by atoms with Crippen LogP contribution in [0, 0.1) is 11.3 Å². The smallest absolute Gasteiger partial charge is 0.267 e. The third kappa shape index (κ3) is 5.41. The second kappa shape index (κ2) is 8.47. The lowest BCUT2D eigenvalue weighted by Crippen LogP contribution is -2.17. The van der Waals surface area contributed by atoms with Crippen LogP contribution in [0.3, 0.4) is 0 Å². The molecule has 26 heavy (non-hydrogen) atoms. The Kier molecular flexibility index (Phi) is 6.56. The molecule has 4 N–H and O–H groups in total. The van der Waals surface area contributed by atoms with Crippen LogP contribution in [-0.2, 0) is 17.8 Å². The molecule has 0 aliphatic carbocycles. The van der Waals surface area contributed by atoms with E-state index in [1.165, 1.54) is 6.08 Å². The Labute approximate surface area is 155 Å². The summed E-state index contributed by atoms with van der Waals surface area (Å²) in [7, 11) is 0. The highest BCUT2D eigenvalue weighted by molar-refractivity contribution is 5.91. The second-order valence-electron chi connectivity index (χ2n) is 8.10. The van der Waals surface area contributed by atoms with E-state index in [0.29, 0.717) is 12.5 Å². The van der Waals surface area contributed by atoms with E-state index in [0.717, 1.165) is 41.8 Å². The first-order valence-electron chi connectivity index (χ1n) is 9.05. The molecular formula is C20H30N4O2. The Bertz CT molecular complexity index is 787. The third-order valence-electron chi connectivity index (χ3n) is 4.23. The molecule has 1 amide bonds. The first-order valence-corrected chi connectivity index (χ1v) is 9.05. The van der Waals surface area contributed by atoms with Crippen molar-refractivity contribution in [1.29, 1.82) is 0 Å². The minimum absolute atomic E-state index is 0.287. The Morgan fingerprint density at radius 2 is 2.15 bits per heavy atom. The fourth-order valence-electron chi connectivity index (χ4n) is 3.47. The van der Waals surface area contributed by atoms with Gasteiger partial charge in [0.15, 0.2) is 0 Å². The topological polar surface area (TPSA) is 93.2 Å². The van der Waals surface area contributed by atoms with Crippen LogP contribution >= 0.6 is 0 Å². The van der Waals surface area contributed by atoms with Crippen LogP contribution < -0.4 is 11.2 Å². The fourth-order valence-corrected chi connectivity index (χ4v) is 3.47. The molecule has 2 rings (SSSR count). The first-order chi connectivity index (χ1) is 12.2. The summed E-state index contributed by atoms with van der Waals surface area (Å²) in [5, 5.41) is 8.57. The van der Waals surface area contributed by atoms with Gasteiger partial charge in [0.05, 0.1) is 11.0 Å². The van der Waals surface area contributed by atoms with E-state index in [-0.39, 0.29) is 5.41 Å². The highest BCUT2D eigenvalue weighted by atomic mass is 16.5. The van der Waals surface area contributed by atoms with Crippen LogP contribution in [0.5, 0.6) is 0 Å². The molecule has 6 nitrogen and oxygen atoms in total. The van der Waals surface area contributed by atoms with Crippen molar-refractivity contribution in [3.05, 3.63) is 35.7 Å². The number of imidazole rings is 1. The number of nitrogens with one attached hydrogen (secondary N) is 1. The molecule has 0 aliphatic heterocycles. The normalized spacial score (nSPS) is 13.5. The van der Waals surface area contributed by atoms with Gasteiger partial charge in [0.2, 0.25) is 0 Å². The average molecular weight is 358 g/mol. The summed E-state index contributed by atoms with van der Waals surface area (Å²) in [5.74, 6) is 1.02. The lowest BCUT2D eigenvalue weighted by Gasteiger charge is -2.23. The molecule has 6 heteroatoms. The van der Waals surface area contributed by atoms with E-state index in [4.69, 9.17) is 15.9 Å². The highest BCUT2D eigenvalue weighted by Crippen LogP contribution is 2.27. The summed E-state index contributed by atoms with van der Waals surface area (Å²) in [6, 6.07) is 5.88. The van der Waals surface area contributed by atoms with Gasteiger partial charge >= 0.3 is 0 Å². The number of hydrogen-bond acceptors (Lipinski definition) is 4. The summed E-state index contributed by atoms with van der Waals surface area (Å²) in [6.45, 7) is 10.3. The Balaban J connectivity index is 2.32. The number of fused-ring (bicyclic) bond motifs is 1. The maximum absolute atomic E-state index is 11.1. The maximum atomic E-state index is 11.1. The number of carbonyl (C=O) groups is 1. The predicted octanol–water partition coefficient (Wildman–Crippen LogP) is 3.13. The van der Waals surface area contributed by atoms with Crippen molar-refractivity contribution in [3.8, 4) is 0 Å². The van der Waals surface area contributed by atoms with Crippen LogP contribution in [0.15, 0.2) is 24.3 Å². The van der Waals surface area contributed by atoms with E-state index in [1.807, 2.05) is 18.2 Å². The minimum atomic E-state index is -0.560. The van der Waals surface area contributed by atoms with Crippen LogP contribution in [0.25, 0.3) is 17.1 Å². The molecule has 2 aromatic rings. The van der Waals surface area contributed by atoms with Crippen molar-refractivity contribution >= 4 is 23.0 Å². The summed E-state index contributed by atoms with van der Waals surface area (Å²) in [5.41, 5.74) is 10.5. The predicted molar refractivity (Wildman–Crippen MR) is 105 cm³/mol. The highest BCUT2D eigenvalue weighted by Gasteiger charge is 2.19. The first kappa shape index (κ1) is 20.1. The van der Waals surface area contributed by atoms with Crippen molar-refractivity contribution < 1.29 is 10.0 Å². The summed E-state index contributed by atoms with van der Waals surface area (Å²) >= 11 is 0. The SMILES string of the molecule is CC(Cc1nc2cc(C=CC(=O)NO)ccc2n1CCN)CC(C)(C)C. The van der Waals surface area contributed by atoms with Gasteiger partial charge in [0, 0.05) is 25.6 Å². The zero-order valence-corrected chi connectivity index (χ0v) is 16.1. The van der Waals surface area contributed by atoms with Gasteiger partial charge in [-0.2, -0.15) is 0 Å². The molecule has 0 fully saturated rings. The number of nitrogens with zero attached hydrogens (tertiary/aromatic N) is 2. The van der Waals surface area contributed by atoms with Crippen molar-refractivity contribution in [2.45, 2.75) is 47.1 Å². The molecule has 1 unspecified atom stereocenters. The molecule has 0 radical (unpaired) electrons. The molecule has 1 aromatic heterocycles. The van der Waals surface area contributed by atoms with Crippen molar-refractivity contribution in [2.24, 2.45) is 17.1 Å². The summed E-state index contributed by atoms with van der Waals surface area (Å²) in [4.78, 5) is 16.0. The van der Waals surface area contributed by atoms with Crippen LogP contribution in [0.4, 0.5) is 0 Å². The second-order valence-corrected chi connectivity index (χ2v) is 8.10. The molecule has 0 saturated carbocycles. The summed E-state index contributed by atoms with van der Waals surface area (Å²) < 4.78 is 2.20. The molecule has 1 heterocycles. The van der Waals surface area contributed by atoms with E-state index >= 15 is 0 Å². The van der Waals surface area contributed by atoms with E-state index in [9.17, 15) is 4.79 Å². The van der Waals surface area contributed by atoms with Crippen LogP contribution in [0.2, 0.25) is 0 Å². The number of benzene rings is 1. The number of amides is 1. The molecule has 0 bridgehead atoms. The number of aromatic nitrogens is 2. The average Bonchev–Trinajstić information content (AvgIpc) is 2.87. The summed E-state index contributed by atoms with van der Waals surface area (Å²) in [6.07, 6.45) is 4.96. The van der Waals surface area contributed by atoms with Gasteiger partial charge in [-0.05, 0) is 41.5 Å². The Morgan fingerprint density at radius 3 is 2.77 bits per heavy atom. The quantitative estimate of drug-likeness (QED) is 0.403. The monoisotopic (exact) mass is 358 g/mol.